The first-order valence-electron chi connectivity index (χ1n) is 6.32. The molecule has 1 aromatic rings. The highest BCUT2D eigenvalue weighted by molar-refractivity contribution is 9.10. The van der Waals surface area contributed by atoms with Gasteiger partial charge in [0.1, 0.15) is 0 Å². The highest BCUT2D eigenvalue weighted by atomic mass is 79.9. The van der Waals surface area contributed by atoms with Crippen molar-refractivity contribution in [3.8, 4) is 0 Å². The highest BCUT2D eigenvalue weighted by Gasteiger charge is 2.31. The van der Waals surface area contributed by atoms with Crippen LogP contribution in [0.1, 0.15) is 6.42 Å². The molecule has 1 aliphatic rings. The van der Waals surface area contributed by atoms with E-state index in [2.05, 4.69) is 21.2 Å². The molecule has 1 aliphatic heterocycles. The second-order valence-corrected chi connectivity index (χ2v) is 8.17. The fourth-order valence-corrected chi connectivity index (χ4v) is 4.45. The third-order valence-corrected chi connectivity index (χ3v) is 5.58. The van der Waals surface area contributed by atoms with Crippen molar-refractivity contribution in [2.75, 3.05) is 30.4 Å². The van der Waals surface area contributed by atoms with Gasteiger partial charge >= 0.3 is 0 Å². The molecule has 20 heavy (non-hydrogen) atoms. The standard InChI is InChI=1S/C13H17BrN2O3S/c1-16(12-5-6-20(18,19)9-12)8-13(17)15-11-4-2-3-10(14)7-11/h2-4,7,12H,5-6,8-9H2,1H3,(H,15,17). The van der Waals surface area contributed by atoms with Gasteiger partial charge in [0, 0.05) is 16.2 Å². The van der Waals surface area contributed by atoms with Gasteiger partial charge in [-0.05, 0) is 31.7 Å². The minimum absolute atomic E-state index is 0.0618. The molecule has 1 fully saturated rings. The first-order chi connectivity index (χ1) is 9.35. The molecule has 7 heteroatoms. The Labute approximate surface area is 127 Å². The predicted octanol–water partition coefficient (Wildman–Crippen LogP) is 1.51. The van der Waals surface area contributed by atoms with Crippen LogP contribution in [0.5, 0.6) is 0 Å². The molecule has 110 valence electrons. The summed E-state index contributed by atoms with van der Waals surface area (Å²) in [5, 5.41) is 2.80. The number of sulfone groups is 1. The maximum Gasteiger partial charge on any atom is 0.238 e. The average Bonchev–Trinajstić information content (AvgIpc) is 2.69. The Balaban J connectivity index is 1.88. The van der Waals surface area contributed by atoms with Crippen LogP contribution in [0.3, 0.4) is 0 Å². The second kappa shape index (κ2) is 6.24. The lowest BCUT2D eigenvalue weighted by Crippen LogP contribution is -2.38. The molecular formula is C13H17BrN2O3S. The molecule has 0 aromatic heterocycles. The Hall–Kier alpha value is -0.920. The number of nitrogens with zero attached hydrogens (tertiary/aromatic N) is 1. The van der Waals surface area contributed by atoms with Crippen molar-refractivity contribution in [3.05, 3.63) is 28.7 Å². The summed E-state index contributed by atoms with van der Waals surface area (Å²) in [6.07, 6.45) is 0.600. The third-order valence-electron chi connectivity index (χ3n) is 3.33. The SMILES string of the molecule is CN(CC(=O)Nc1cccc(Br)c1)C1CCS(=O)(=O)C1. The van der Waals surface area contributed by atoms with Crippen molar-refractivity contribution in [3.63, 3.8) is 0 Å². The first-order valence-corrected chi connectivity index (χ1v) is 8.93. The van der Waals surface area contributed by atoms with E-state index in [0.717, 1.165) is 10.2 Å². The van der Waals surface area contributed by atoms with E-state index in [1.807, 2.05) is 24.3 Å². The summed E-state index contributed by atoms with van der Waals surface area (Å²) in [6.45, 7) is 0.187. The van der Waals surface area contributed by atoms with E-state index in [9.17, 15) is 13.2 Å². The van der Waals surface area contributed by atoms with Crippen LogP contribution in [0, 0.1) is 0 Å². The molecule has 1 N–H and O–H groups in total. The van der Waals surface area contributed by atoms with Crippen molar-refractivity contribution in [2.24, 2.45) is 0 Å². The molecule has 1 amide bonds. The zero-order valence-corrected chi connectivity index (χ0v) is 13.6. The van der Waals surface area contributed by atoms with Gasteiger partial charge in [0.15, 0.2) is 9.84 Å². The van der Waals surface area contributed by atoms with E-state index < -0.39 is 9.84 Å². The van der Waals surface area contributed by atoms with Gasteiger partial charge in [-0.15, -0.1) is 0 Å². The molecule has 1 saturated heterocycles. The normalized spacial score (nSPS) is 21.1. The third kappa shape index (κ3) is 4.29. The fourth-order valence-electron chi connectivity index (χ4n) is 2.25. The monoisotopic (exact) mass is 360 g/mol. The van der Waals surface area contributed by atoms with Gasteiger partial charge < -0.3 is 5.32 Å². The van der Waals surface area contributed by atoms with E-state index in [1.54, 1.807) is 11.9 Å². The average molecular weight is 361 g/mol. The van der Waals surface area contributed by atoms with Gasteiger partial charge in [-0.2, -0.15) is 0 Å². The Morgan fingerprint density at radius 2 is 2.25 bits per heavy atom. The largest absolute Gasteiger partial charge is 0.325 e. The molecule has 0 spiro atoms. The van der Waals surface area contributed by atoms with Gasteiger partial charge in [0.2, 0.25) is 5.91 Å². The summed E-state index contributed by atoms with van der Waals surface area (Å²) in [6, 6.07) is 7.28. The predicted molar refractivity (Wildman–Crippen MR) is 82.5 cm³/mol. The molecule has 1 aromatic carbocycles. The first kappa shape index (κ1) is 15.5. The number of carbonyl (C=O) groups is 1. The fraction of sp³-hybridized carbons (Fsp3) is 0.462. The van der Waals surface area contributed by atoms with E-state index in [1.165, 1.54) is 0 Å². The van der Waals surface area contributed by atoms with E-state index >= 15 is 0 Å². The lowest BCUT2D eigenvalue weighted by atomic mass is 10.2. The number of hydrogen-bond acceptors (Lipinski definition) is 4. The van der Waals surface area contributed by atoms with Crippen molar-refractivity contribution < 1.29 is 13.2 Å². The molecule has 1 atom stereocenters. The van der Waals surface area contributed by atoms with Crippen molar-refractivity contribution >= 4 is 37.4 Å². The minimum atomic E-state index is -2.92. The Morgan fingerprint density at radius 1 is 1.50 bits per heavy atom. The Morgan fingerprint density at radius 3 is 2.85 bits per heavy atom. The summed E-state index contributed by atoms with van der Waals surface area (Å²) < 4.78 is 23.7. The molecule has 1 heterocycles. The second-order valence-electron chi connectivity index (χ2n) is 5.03. The summed E-state index contributed by atoms with van der Waals surface area (Å²) in [5.74, 6) is 0.220. The zero-order chi connectivity index (χ0) is 14.8. The van der Waals surface area contributed by atoms with Gasteiger partial charge in [0.25, 0.3) is 0 Å². The van der Waals surface area contributed by atoms with Crippen LogP contribution >= 0.6 is 15.9 Å². The number of benzene rings is 1. The van der Waals surface area contributed by atoms with E-state index in [-0.39, 0.29) is 30.0 Å². The van der Waals surface area contributed by atoms with Crippen molar-refractivity contribution in [1.29, 1.82) is 0 Å². The lowest BCUT2D eigenvalue weighted by Gasteiger charge is -2.22. The topological polar surface area (TPSA) is 66.5 Å². The molecule has 1 unspecified atom stereocenters. The number of rotatable bonds is 4. The summed E-state index contributed by atoms with van der Waals surface area (Å²) >= 11 is 3.34. The number of anilines is 1. The Kier molecular flexibility index (Phi) is 4.82. The van der Waals surface area contributed by atoms with E-state index in [0.29, 0.717) is 6.42 Å². The highest BCUT2D eigenvalue weighted by Crippen LogP contribution is 2.17. The summed E-state index contributed by atoms with van der Waals surface area (Å²) in [5.41, 5.74) is 0.719. The number of amides is 1. The van der Waals surface area contributed by atoms with Crippen molar-refractivity contribution in [2.45, 2.75) is 12.5 Å². The van der Waals surface area contributed by atoms with Crippen LogP contribution in [0.25, 0.3) is 0 Å². The molecule has 0 radical (unpaired) electrons. The molecule has 5 nitrogen and oxygen atoms in total. The van der Waals surface area contributed by atoms with Gasteiger partial charge in [-0.25, -0.2) is 8.42 Å². The molecule has 0 saturated carbocycles. The molecule has 2 rings (SSSR count). The molecule has 0 aliphatic carbocycles. The maximum absolute atomic E-state index is 11.9. The van der Waals surface area contributed by atoms with Crippen LogP contribution in [-0.2, 0) is 14.6 Å². The quantitative estimate of drug-likeness (QED) is 0.883. The molecular weight excluding hydrogens is 344 g/mol. The van der Waals surface area contributed by atoms with E-state index in [4.69, 9.17) is 0 Å². The van der Waals surface area contributed by atoms with Crippen LogP contribution < -0.4 is 5.32 Å². The summed E-state index contributed by atoms with van der Waals surface area (Å²) in [4.78, 5) is 13.7. The van der Waals surface area contributed by atoms with Crippen molar-refractivity contribution in [1.82, 2.24) is 4.90 Å². The number of hydrogen-bond donors (Lipinski definition) is 1. The van der Waals surface area contributed by atoms with Gasteiger partial charge in [-0.1, -0.05) is 22.0 Å². The number of likely N-dealkylation sites (N-methyl/N-ethyl adjacent to an activating group) is 1. The van der Waals surface area contributed by atoms with Crippen LogP contribution in [0.2, 0.25) is 0 Å². The van der Waals surface area contributed by atoms with Crippen LogP contribution in [0.15, 0.2) is 28.7 Å². The Bertz CT molecular complexity index is 603. The summed E-state index contributed by atoms with van der Waals surface area (Å²) in [7, 11) is -1.14. The van der Waals surface area contributed by atoms with Crippen LogP contribution in [-0.4, -0.2) is 50.4 Å². The van der Waals surface area contributed by atoms with Gasteiger partial charge in [0.05, 0.1) is 18.1 Å². The number of halogens is 1. The maximum atomic E-state index is 11.9. The number of nitrogens with one attached hydrogen (secondary N) is 1. The lowest BCUT2D eigenvalue weighted by molar-refractivity contribution is -0.117. The smallest absolute Gasteiger partial charge is 0.238 e. The minimum Gasteiger partial charge on any atom is -0.325 e. The zero-order valence-electron chi connectivity index (χ0n) is 11.2. The van der Waals surface area contributed by atoms with Gasteiger partial charge in [-0.3, -0.25) is 9.69 Å². The number of carbonyl (C=O) groups excluding carboxylic acids is 1. The molecule has 0 bridgehead atoms. The van der Waals surface area contributed by atoms with Crippen LogP contribution in [0.4, 0.5) is 5.69 Å².